The zero-order chi connectivity index (χ0) is 29.1. The van der Waals surface area contributed by atoms with Crippen LogP contribution >= 0.6 is 0 Å². The summed E-state index contributed by atoms with van der Waals surface area (Å²) >= 11 is 0. The van der Waals surface area contributed by atoms with E-state index in [4.69, 9.17) is 14.2 Å². The Morgan fingerprint density at radius 3 is 2.67 bits per heavy atom. The van der Waals surface area contributed by atoms with Crippen molar-refractivity contribution in [1.29, 1.82) is 0 Å². The number of hydrogen-bond donors (Lipinski definition) is 1. The molecule has 4 heterocycles. The molecule has 3 aliphatic heterocycles. The third kappa shape index (κ3) is 5.41. The number of nitrogens with one attached hydrogen (secondary N) is 1. The Labute approximate surface area is 243 Å². The van der Waals surface area contributed by atoms with Crippen molar-refractivity contribution in [1.82, 2.24) is 15.2 Å². The van der Waals surface area contributed by atoms with Gasteiger partial charge in [0.25, 0.3) is 11.8 Å². The molecule has 0 fully saturated rings. The Hall–Kier alpha value is -5.18. The molecule has 212 valence electrons. The van der Waals surface area contributed by atoms with Gasteiger partial charge in [0.05, 0.1) is 42.6 Å². The lowest BCUT2D eigenvalue weighted by atomic mass is 9.87. The predicted molar refractivity (Wildman–Crippen MR) is 154 cm³/mol. The van der Waals surface area contributed by atoms with Crippen LogP contribution in [0.5, 0.6) is 17.2 Å². The number of esters is 1. The van der Waals surface area contributed by atoms with Crippen molar-refractivity contribution in [3.05, 3.63) is 119 Å². The first-order chi connectivity index (χ1) is 20.5. The van der Waals surface area contributed by atoms with E-state index in [9.17, 15) is 14.4 Å². The third-order valence-electron chi connectivity index (χ3n) is 7.43. The van der Waals surface area contributed by atoms with Gasteiger partial charge >= 0.3 is 5.97 Å². The largest absolute Gasteiger partial charge is 0.494 e. The number of carbonyl (C=O) groups excluding carboxylic acids is 3. The number of carbonyl (C=O) groups is 3. The molecule has 3 aromatic carbocycles. The van der Waals surface area contributed by atoms with E-state index in [2.05, 4.69) is 10.3 Å². The molecule has 1 atom stereocenters. The molecule has 9 heteroatoms. The summed E-state index contributed by atoms with van der Waals surface area (Å²) in [7, 11) is 1.30. The van der Waals surface area contributed by atoms with E-state index in [0.717, 1.165) is 16.7 Å². The normalized spacial score (nSPS) is 16.3. The molecular formula is C33H29N3O6. The fraction of sp³-hybridized carbons (Fsp3) is 0.212. The Kier molecular flexibility index (Phi) is 7.55. The number of hydrogen-bond acceptors (Lipinski definition) is 7. The molecule has 1 aromatic heterocycles. The van der Waals surface area contributed by atoms with Gasteiger partial charge in [-0.3, -0.25) is 14.6 Å². The first kappa shape index (κ1) is 27.0. The van der Waals surface area contributed by atoms with E-state index in [1.807, 2.05) is 42.5 Å². The lowest BCUT2D eigenvalue weighted by Crippen LogP contribution is -2.41. The molecule has 0 aliphatic carbocycles. The zero-order valence-electron chi connectivity index (χ0n) is 23.0. The van der Waals surface area contributed by atoms with E-state index in [0.29, 0.717) is 55.4 Å². The van der Waals surface area contributed by atoms with Crippen LogP contribution in [0, 0.1) is 0 Å². The molecule has 3 aliphatic rings. The molecule has 0 saturated carbocycles. The fourth-order valence-electron chi connectivity index (χ4n) is 5.43. The molecule has 1 N–H and O–H groups in total. The maximum absolute atomic E-state index is 14.1. The van der Waals surface area contributed by atoms with Crippen LogP contribution in [-0.2, 0) is 11.2 Å². The number of ether oxygens (including phenoxy) is 3. The van der Waals surface area contributed by atoms with Crippen LogP contribution in [0.25, 0.3) is 0 Å². The monoisotopic (exact) mass is 563 g/mol. The zero-order valence-corrected chi connectivity index (χ0v) is 23.0. The predicted octanol–water partition coefficient (Wildman–Crippen LogP) is 4.96. The lowest BCUT2D eigenvalue weighted by molar-refractivity contribution is 0.0584. The minimum Gasteiger partial charge on any atom is -0.494 e. The summed E-state index contributed by atoms with van der Waals surface area (Å²) in [4.78, 5) is 45.3. The molecule has 2 amide bonds. The van der Waals surface area contributed by atoms with Crippen LogP contribution in [0.2, 0.25) is 0 Å². The summed E-state index contributed by atoms with van der Waals surface area (Å²) in [6.07, 6.45) is 4.24. The third-order valence-corrected chi connectivity index (χ3v) is 7.43. The first-order valence-electron chi connectivity index (χ1n) is 13.8. The van der Waals surface area contributed by atoms with Gasteiger partial charge in [0.2, 0.25) is 0 Å². The molecule has 9 nitrogen and oxygen atoms in total. The summed E-state index contributed by atoms with van der Waals surface area (Å²) in [5.74, 6) is 0.644. The smallest absolute Gasteiger partial charge is 0.338 e. The average Bonchev–Trinajstić information content (AvgIpc) is 3.03. The van der Waals surface area contributed by atoms with Gasteiger partial charge in [-0.25, -0.2) is 4.79 Å². The summed E-state index contributed by atoms with van der Waals surface area (Å²) in [6, 6.07) is 21.4. The van der Waals surface area contributed by atoms with Crippen LogP contribution in [0.4, 0.5) is 0 Å². The van der Waals surface area contributed by atoms with Crippen molar-refractivity contribution < 1.29 is 28.6 Å². The van der Waals surface area contributed by atoms with Crippen molar-refractivity contribution in [3.63, 3.8) is 0 Å². The number of fused-ring (bicyclic) bond motifs is 6. The second-order valence-electron chi connectivity index (χ2n) is 10.1. The van der Waals surface area contributed by atoms with Gasteiger partial charge in [0.1, 0.15) is 17.2 Å². The summed E-state index contributed by atoms with van der Waals surface area (Å²) in [5, 5.41) is 2.89. The Bertz CT molecular complexity index is 1670. The summed E-state index contributed by atoms with van der Waals surface area (Å²) < 4.78 is 17.1. The highest BCUT2D eigenvalue weighted by Crippen LogP contribution is 2.39. The number of benzene rings is 3. The summed E-state index contributed by atoms with van der Waals surface area (Å²) in [5.41, 5.74) is 3.76. The molecule has 8 bridgehead atoms. The standard InChI is InChI=1S/C33H29N3O6/c1-40-33(39)29-9-3-2-8-28(29)32(38)36-14-12-21-16-25-10-11-27(21)30(36)22-6-4-7-24(17-22)41-15-5-13-35-31(37)23-18-26(42-25)20-34-19-23/h2-4,6-11,16-20,30H,5,12-15H2,1H3,(H,35,37). The van der Waals surface area contributed by atoms with Gasteiger partial charge in [-0.15, -0.1) is 0 Å². The highest BCUT2D eigenvalue weighted by molar-refractivity contribution is 6.05. The van der Waals surface area contributed by atoms with Crippen molar-refractivity contribution in [2.75, 3.05) is 26.8 Å². The second-order valence-corrected chi connectivity index (χ2v) is 10.1. The van der Waals surface area contributed by atoms with Crippen LogP contribution in [0.1, 0.15) is 60.2 Å². The maximum Gasteiger partial charge on any atom is 0.338 e. The highest BCUT2D eigenvalue weighted by Gasteiger charge is 2.34. The highest BCUT2D eigenvalue weighted by atomic mass is 16.5. The van der Waals surface area contributed by atoms with Gasteiger partial charge in [-0.05, 0) is 72.0 Å². The van der Waals surface area contributed by atoms with E-state index < -0.39 is 12.0 Å². The Morgan fingerprint density at radius 2 is 1.81 bits per heavy atom. The molecular weight excluding hydrogens is 534 g/mol. The minimum atomic E-state index is -0.562. The number of amides is 2. The second kappa shape index (κ2) is 11.7. The quantitative estimate of drug-likeness (QED) is 0.344. The molecule has 42 heavy (non-hydrogen) atoms. The molecule has 0 radical (unpaired) electrons. The molecule has 1 unspecified atom stereocenters. The molecule has 0 saturated heterocycles. The van der Waals surface area contributed by atoms with Crippen LogP contribution in [0.3, 0.4) is 0 Å². The summed E-state index contributed by atoms with van der Waals surface area (Å²) in [6.45, 7) is 1.24. The fourth-order valence-corrected chi connectivity index (χ4v) is 5.43. The van der Waals surface area contributed by atoms with Gasteiger partial charge < -0.3 is 24.4 Å². The minimum absolute atomic E-state index is 0.222. The Morgan fingerprint density at radius 1 is 0.952 bits per heavy atom. The van der Waals surface area contributed by atoms with E-state index in [-0.39, 0.29) is 22.9 Å². The maximum atomic E-state index is 14.1. The lowest BCUT2D eigenvalue weighted by Gasteiger charge is -2.38. The van der Waals surface area contributed by atoms with Crippen molar-refractivity contribution in [3.8, 4) is 17.2 Å². The van der Waals surface area contributed by atoms with Crippen molar-refractivity contribution >= 4 is 17.8 Å². The van der Waals surface area contributed by atoms with E-state index in [1.54, 1.807) is 41.4 Å². The van der Waals surface area contributed by atoms with Crippen molar-refractivity contribution in [2.45, 2.75) is 18.9 Å². The number of aromatic nitrogens is 1. The van der Waals surface area contributed by atoms with Gasteiger partial charge in [-0.1, -0.05) is 30.3 Å². The average molecular weight is 564 g/mol. The van der Waals surface area contributed by atoms with Gasteiger partial charge in [0.15, 0.2) is 0 Å². The number of rotatable bonds is 2. The molecule has 7 rings (SSSR count). The van der Waals surface area contributed by atoms with Crippen LogP contribution < -0.4 is 14.8 Å². The van der Waals surface area contributed by atoms with E-state index >= 15 is 0 Å². The topological polar surface area (TPSA) is 107 Å². The number of methoxy groups -OCH3 is 1. The van der Waals surface area contributed by atoms with Crippen LogP contribution in [-0.4, -0.2) is 54.5 Å². The van der Waals surface area contributed by atoms with Crippen LogP contribution in [0.15, 0.2) is 85.2 Å². The number of pyridine rings is 1. The molecule has 0 spiro atoms. The van der Waals surface area contributed by atoms with E-state index in [1.165, 1.54) is 13.3 Å². The van der Waals surface area contributed by atoms with Crippen molar-refractivity contribution in [2.24, 2.45) is 0 Å². The van der Waals surface area contributed by atoms with Gasteiger partial charge in [-0.2, -0.15) is 0 Å². The van der Waals surface area contributed by atoms with Gasteiger partial charge in [0, 0.05) is 19.3 Å². The number of nitrogens with zero attached hydrogens (tertiary/aromatic N) is 2. The first-order valence-corrected chi connectivity index (χ1v) is 13.8. The molecule has 4 aromatic rings. The SMILES string of the molecule is COC(=O)c1ccccc1C(=O)N1CCc2cc3ccc2C1c1cccc(c1)OCCCNC(=O)c1cncc(c1)O3. The Balaban J connectivity index is 1.44.